The maximum Gasteiger partial charge on any atom is 0.264 e. The van der Waals surface area contributed by atoms with Gasteiger partial charge in [-0.3, -0.25) is 19.2 Å². The van der Waals surface area contributed by atoms with Gasteiger partial charge in [0.1, 0.15) is 5.75 Å². The molecule has 6 aromatic rings. The minimum atomic E-state index is -2.37. The number of hydrogen-bond acceptors (Lipinski definition) is 7. The monoisotopic (exact) mass is 817 g/mol. The number of anilines is 3. The summed E-state index contributed by atoms with van der Waals surface area (Å²) < 4.78 is 14.8. The predicted octanol–water partition coefficient (Wildman–Crippen LogP) is 7.87. The molecule has 1 unspecified atom stereocenters. The number of aliphatic hydroxyl groups is 1. The Kier molecular flexibility index (Phi) is 10.5. The van der Waals surface area contributed by atoms with E-state index in [4.69, 9.17) is 9.47 Å². The van der Waals surface area contributed by atoms with Gasteiger partial charge in [0.25, 0.3) is 5.91 Å². The number of para-hydroxylation sites is 2. The van der Waals surface area contributed by atoms with Crippen LogP contribution in [0.5, 0.6) is 5.75 Å². The Labute approximate surface area is 352 Å². The fraction of sp³-hybridized carbons (Fsp3) is 0.306. The van der Waals surface area contributed by atoms with Gasteiger partial charge >= 0.3 is 0 Å². The number of fused-ring (bicyclic) bond motifs is 3. The molecule has 1 N–H and O–H groups in total. The summed E-state index contributed by atoms with van der Waals surface area (Å²) in [6.45, 7) is 7.81. The van der Waals surface area contributed by atoms with Gasteiger partial charge in [0.05, 0.1) is 57.4 Å². The quantitative estimate of drug-likeness (QED) is 0.125. The standard InChI is InChI=1S/C49H51N5O5Si/c1-33-47(60(3,4)39-25-23-38(58-2)24-26-39)45(28-29-52-31-42(50-51-52)40(32-55)35-12-6-5-7-13-35)59-49(33)41-15-9-11-17-44(41)53(48(49)57)30-34-18-21-37(22-19-34)54-43-16-10-8-14-36(43)20-27-46(54)56/h5-19,21-26,31,33,40,45,47,55H,20,27-30,32H2,1-4H3/t33-,40?,45+,47-,49+/m0/s1. The molecule has 10 nitrogen and oxygen atoms in total. The third kappa shape index (κ3) is 6.74. The Balaban J connectivity index is 1.03. The van der Waals surface area contributed by atoms with Gasteiger partial charge in [0.2, 0.25) is 5.91 Å². The number of methoxy groups -OCH3 is 1. The summed E-state index contributed by atoms with van der Waals surface area (Å²) in [6.07, 6.45) is 3.49. The molecule has 1 aromatic heterocycles. The minimum absolute atomic E-state index is 0.0517. The van der Waals surface area contributed by atoms with Gasteiger partial charge in [-0.25, -0.2) is 0 Å². The number of ether oxygens (including phenoxy) is 2. The van der Waals surface area contributed by atoms with Crippen molar-refractivity contribution in [3.8, 4) is 5.75 Å². The first kappa shape index (κ1) is 39.6. The number of carbonyl (C=O) groups excluding carboxylic acids is 2. The molecular weight excluding hydrogens is 767 g/mol. The van der Waals surface area contributed by atoms with Gasteiger partial charge < -0.3 is 19.5 Å². The Morgan fingerprint density at radius 2 is 1.57 bits per heavy atom. The molecule has 0 saturated carbocycles. The lowest BCUT2D eigenvalue weighted by Gasteiger charge is -2.37. The number of aromatic nitrogens is 3. The smallest absolute Gasteiger partial charge is 0.264 e. The third-order valence-electron chi connectivity index (χ3n) is 13.3. The van der Waals surface area contributed by atoms with Gasteiger partial charge in [-0.15, -0.1) is 5.10 Å². The lowest BCUT2D eigenvalue weighted by Crippen LogP contribution is -2.51. The average Bonchev–Trinajstić information content (AvgIpc) is 3.94. The molecule has 0 bridgehead atoms. The number of rotatable bonds is 12. The van der Waals surface area contributed by atoms with E-state index in [1.54, 1.807) is 7.11 Å². The number of hydrogen-bond donors (Lipinski definition) is 1. The van der Waals surface area contributed by atoms with Crippen molar-refractivity contribution >= 4 is 42.1 Å². The summed E-state index contributed by atoms with van der Waals surface area (Å²) in [5, 5.41) is 20.6. The summed E-state index contributed by atoms with van der Waals surface area (Å²) in [5.41, 5.74) is 6.19. The van der Waals surface area contributed by atoms with Crippen LogP contribution < -0.4 is 19.7 Å². The molecule has 3 aliphatic rings. The molecule has 5 aromatic carbocycles. The SMILES string of the molecule is COc1ccc([Si](C)(C)[C@@H]2[C@@H](CCn3cc(C(CO)c4ccccc4)nn3)O[C@]3(C(=O)N(Cc4ccc(N5C(=O)CCc6ccccc65)cc4)c4ccccc43)[C@H]2C)cc1. The third-order valence-corrected chi connectivity index (χ3v) is 17.7. The van der Waals surface area contributed by atoms with Crippen molar-refractivity contribution in [3.63, 3.8) is 0 Å². The van der Waals surface area contributed by atoms with Crippen molar-refractivity contribution in [2.45, 2.75) is 75.5 Å². The second-order valence-corrected chi connectivity index (χ2v) is 21.6. The normalized spacial score (nSPS) is 21.6. The van der Waals surface area contributed by atoms with Gasteiger partial charge in [-0.1, -0.05) is 121 Å². The number of carbonyl (C=O) groups is 2. The summed E-state index contributed by atoms with van der Waals surface area (Å²) in [7, 11) is -0.684. The number of aliphatic hydroxyl groups excluding tert-OH is 1. The van der Waals surface area contributed by atoms with Gasteiger partial charge in [0.15, 0.2) is 5.60 Å². The molecule has 306 valence electrons. The van der Waals surface area contributed by atoms with E-state index < -0.39 is 13.7 Å². The number of nitrogens with zero attached hydrogens (tertiary/aromatic N) is 5. The highest BCUT2D eigenvalue weighted by molar-refractivity contribution is 6.91. The van der Waals surface area contributed by atoms with E-state index in [1.807, 2.05) is 124 Å². The second kappa shape index (κ2) is 15.9. The molecule has 9 rings (SSSR count). The van der Waals surface area contributed by atoms with E-state index in [2.05, 4.69) is 54.6 Å². The Morgan fingerprint density at radius 3 is 2.30 bits per heavy atom. The van der Waals surface area contributed by atoms with E-state index in [0.717, 1.165) is 51.5 Å². The molecule has 0 radical (unpaired) electrons. The van der Waals surface area contributed by atoms with Crippen LogP contribution in [0.4, 0.5) is 17.1 Å². The van der Waals surface area contributed by atoms with Gasteiger partial charge in [-0.2, -0.15) is 0 Å². The van der Waals surface area contributed by atoms with Crippen molar-refractivity contribution < 1.29 is 24.2 Å². The largest absolute Gasteiger partial charge is 0.497 e. The average molecular weight is 818 g/mol. The zero-order valence-electron chi connectivity index (χ0n) is 34.6. The van der Waals surface area contributed by atoms with Crippen LogP contribution in [0.2, 0.25) is 18.6 Å². The Bertz CT molecular complexity index is 2510. The van der Waals surface area contributed by atoms with E-state index in [1.165, 1.54) is 5.19 Å². The van der Waals surface area contributed by atoms with E-state index in [9.17, 15) is 9.90 Å². The van der Waals surface area contributed by atoms with E-state index in [0.29, 0.717) is 31.6 Å². The van der Waals surface area contributed by atoms with Crippen molar-refractivity contribution in [2.75, 3.05) is 23.5 Å². The van der Waals surface area contributed by atoms with Crippen molar-refractivity contribution in [1.29, 1.82) is 0 Å². The lowest BCUT2D eigenvalue weighted by molar-refractivity contribution is -0.146. The summed E-state index contributed by atoms with van der Waals surface area (Å²) in [6, 6.07) is 42.5. The molecule has 60 heavy (non-hydrogen) atoms. The molecule has 3 aliphatic heterocycles. The molecule has 11 heteroatoms. The first-order valence-corrected chi connectivity index (χ1v) is 24.0. The van der Waals surface area contributed by atoms with Crippen molar-refractivity contribution in [1.82, 2.24) is 15.0 Å². The van der Waals surface area contributed by atoms with Crippen LogP contribution in [0.3, 0.4) is 0 Å². The zero-order chi connectivity index (χ0) is 41.6. The summed E-state index contributed by atoms with van der Waals surface area (Å²) >= 11 is 0. The minimum Gasteiger partial charge on any atom is -0.497 e. The fourth-order valence-corrected chi connectivity index (χ4v) is 14.3. The van der Waals surface area contributed by atoms with Crippen LogP contribution in [0.1, 0.15) is 53.6 Å². The molecule has 4 heterocycles. The van der Waals surface area contributed by atoms with Crippen LogP contribution in [0.25, 0.3) is 0 Å². The van der Waals surface area contributed by atoms with E-state index in [-0.39, 0.29) is 41.9 Å². The second-order valence-electron chi connectivity index (χ2n) is 16.9. The van der Waals surface area contributed by atoms with Crippen LogP contribution in [0.15, 0.2) is 134 Å². The van der Waals surface area contributed by atoms with Crippen LogP contribution >= 0.6 is 0 Å². The maximum atomic E-state index is 15.3. The number of amides is 2. The number of benzene rings is 5. The van der Waals surface area contributed by atoms with Gasteiger partial charge in [-0.05, 0) is 71.5 Å². The van der Waals surface area contributed by atoms with Crippen molar-refractivity contribution in [3.05, 3.63) is 162 Å². The summed E-state index contributed by atoms with van der Waals surface area (Å²) in [5.74, 6) is 0.404. The first-order chi connectivity index (χ1) is 29.1. The highest BCUT2D eigenvalue weighted by Crippen LogP contribution is 2.60. The zero-order valence-corrected chi connectivity index (χ0v) is 35.6. The predicted molar refractivity (Wildman–Crippen MR) is 236 cm³/mol. The van der Waals surface area contributed by atoms with Crippen molar-refractivity contribution in [2.24, 2.45) is 5.92 Å². The lowest BCUT2D eigenvalue weighted by atomic mass is 9.82. The molecule has 1 fully saturated rings. The molecule has 1 saturated heterocycles. The van der Waals surface area contributed by atoms with Gasteiger partial charge in [0, 0.05) is 36.3 Å². The molecule has 0 aliphatic carbocycles. The summed E-state index contributed by atoms with van der Waals surface area (Å²) in [4.78, 5) is 32.2. The molecule has 2 amide bonds. The highest BCUT2D eigenvalue weighted by Gasteiger charge is 2.66. The Morgan fingerprint density at radius 1 is 0.867 bits per heavy atom. The Hall–Kier alpha value is -5.88. The molecule has 1 spiro atoms. The maximum absolute atomic E-state index is 15.3. The molecular formula is C49H51N5O5Si. The van der Waals surface area contributed by atoms with Crippen LogP contribution in [-0.4, -0.2) is 59.8 Å². The van der Waals surface area contributed by atoms with Crippen LogP contribution in [0, 0.1) is 5.92 Å². The first-order valence-electron chi connectivity index (χ1n) is 20.9. The highest BCUT2D eigenvalue weighted by atomic mass is 28.3. The van der Waals surface area contributed by atoms with E-state index >= 15 is 4.79 Å². The number of aryl methyl sites for hydroxylation is 2. The topological polar surface area (TPSA) is 110 Å². The fourth-order valence-electron chi connectivity index (χ4n) is 10.2. The molecule has 5 atom stereocenters. The van der Waals surface area contributed by atoms with Crippen LogP contribution in [-0.2, 0) is 39.4 Å².